The summed E-state index contributed by atoms with van der Waals surface area (Å²) in [5.74, 6) is 0. The first-order valence-corrected chi connectivity index (χ1v) is 22.7. The fourth-order valence-electron chi connectivity index (χ4n) is 9.89. The number of para-hydroxylation sites is 4. The molecule has 312 valence electrons. The quantitative estimate of drug-likeness (QED) is 0.120. The minimum atomic E-state index is 0.818. The van der Waals surface area contributed by atoms with E-state index < -0.39 is 0 Å². The Kier molecular flexibility index (Phi) is 9.92. The van der Waals surface area contributed by atoms with Crippen LogP contribution in [0.25, 0.3) is 66.2 Å². The van der Waals surface area contributed by atoms with Crippen molar-refractivity contribution < 1.29 is 0 Å². The molecule has 0 fully saturated rings. The molecule has 0 saturated carbocycles. The van der Waals surface area contributed by atoms with Crippen LogP contribution in [0.3, 0.4) is 0 Å². The van der Waals surface area contributed by atoms with Gasteiger partial charge in [0.15, 0.2) is 0 Å². The zero-order chi connectivity index (χ0) is 43.8. The van der Waals surface area contributed by atoms with Gasteiger partial charge in [0, 0.05) is 50.6 Å². The first-order chi connectivity index (χ1) is 32.7. The largest absolute Gasteiger partial charge is 0.311 e. The van der Waals surface area contributed by atoms with Gasteiger partial charge in [-0.05, 0) is 147 Å². The summed E-state index contributed by atoms with van der Waals surface area (Å²) in [5.41, 5.74) is 15.3. The smallest absolute Gasteiger partial charge is 0.0547 e. The van der Waals surface area contributed by atoms with Gasteiger partial charge in [0.25, 0.3) is 0 Å². The number of allylic oxidation sites excluding steroid dienone is 1. The van der Waals surface area contributed by atoms with Crippen molar-refractivity contribution in [2.24, 2.45) is 0 Å². The van der Waals surface area contributed by atoms with Crippen LogP contribution < -0.4 is 9.80 Å². The van der Waals surface area contributed by atoms with Crippen molar-refractivity contribution in [3.05, 3.63) is 266 Å². The summed E-state index contributed by atoms with van der Waals surface area (Å²) >= 11 is 0. The monoisotopic (exact) mass is 843 g/mol. The fraction of sp³-hybridized carbons (Fsp3) is 0.0159. The van der Waals surface area contributed by atoms with Crippen molar-refractivity contribution in [2.45, 2.75) is 6.42 Å². The number of aromatic nitrogens is 1. The van der Waals surface area contributed by atoms with Crippen molar-refractivity contribution in [3.8, 4) is 16.8 Å². The second-order valence-corrected chi connectivity index (χ2v) is 16.9. The third-order valence-corrected chi connectivity index (χ3v) is 13.0. The van der Waals surface area contributed by atoms with Gasteiger partial charge in [-0.25, -0.2) is 0 Å². The number of fused-ring (bicyclic) bond motifs is 1. The number of hydrogen-bond donors (Lipinski definition) is 0. The lowest BCUT2D eigenvalue weighted by Crippen LogP contribution is -2.09. The van der Waals surface area contributed by atoms with Gasteiger partial charge >= 0.3 is 0 Å². The predicted octanol–water partition coefficient (Wildman–Crippen LogP) is 17.4. The van der Waals surface area contributed by atoms with E-state index >= 15 is 0 Å². The van der Waals surface area contributed by atoms with Crippen LogP contribution in [0.5, 0.6) is 0 Å². The molecule has 0 spiro atoms. The standard InChI is InChI=1S/C63H45N3/c1-5-20-50(21-6-1)64(51-22-7-2-8-23-51)55-36-31-48(32-37-55)57-41-43-61-63-59(57)40-39-58-47(33-42-60(62(58)63)66(61)53-26-11-4-12-27-53)19-15-16-45-28-34-54(35-29-45)65(52-24-9-3-10-25-52)56-38-30-46-17-13-14-18-49(46)44-56/h1-18,20-44H,19H2. The molecule has 0 aliphatic rings. The molecule has 1 aromatic heterocycles. The second kappa shape index (κ2) is 16.8. The van der Waals surface area contributed by atoms with Crippen molar-refractivity contribution in [1.29, 1.82) is 0 Å². The molecular formula is C63H45N3. The summed E-state index contributed by atoms with van der Waals surface area (Å²) in [7, 11) is 0. The Balaban J connectivity index is 0.886. The van der Waals surface area contributed by atoms with E-state index in [4.69, 9.17) is 0 Å². The molecule has 0 unspecified atom stereocenters. The Bertz CT molecular complexity index is 3590. The molecule has 0 aliphatic heterocycles. The maximum absolute atomic E-state index is 2.44. The number of hydrogen-bond acceptors (Lipinski definition) is 2. The molecule has 0 aliphatic carbocycles. The van der Waals surface area contributed by atoms with E-state index in [1.54, 1.807) is 0 Å². The Morgan fingerprint density at radius 3 is 1.48 bits per heavy atom. The first kappa shape index (κ1) is 39.0. The Morgan fingerprint density at radius 2 is 0.848 bits per heavy atom. The van der Waals surface area contributed by atoms with Crippen molar-refractivity contribution in [3.63, 3.8) is 0 Å². The minimum absolute atomic E-state index is 0.818. The highest BCUT2D eigenvalue weighted by atomic mass is 15.1. The number of nitrogens with zero attached hydrogens (tertiary/aromatic N) is 3. The maximum Gasteiger partial charge on any atom is 0.0547 e. The van der Waals surface area contributed by atoms with Crippen molar-refractivity contribution in [2.75, 3.05) is 9.80 Å². The normalized spacial score (nSPS) is 11.6. The van der Waals surface area contributed by atoms with E-state index in [1.807, 2.05) is 0 Å². The SMILES string of the molecule is C(=Cc1ccc(N(c2ccccc2)c2ccc3ccccc3c2)cc1)Cc1ccc2c3c1ccc1c(-c4ccc(N(c5ccccc5)c5ccccc5)cc4)ccc(c13)n2-c1ccccc1. The van der Waals surface area contributed by atoms with Gasteiger partial charge in [-0.3, -0.25) is 0 Å². The molecule has 3 heteroatoms. The fourth-order valence-corrected chi connectivity index (χ4v) is 9.89. The molecule has 0 radical (unpaired) electrons. The number of rotatable bonds is 11. The zero-order valence-corrected chi connectivity index (χ0v) is 36.4. The van der Waals surface area contributed by atoms with Gasteiger partial charge in [0.05, 0.1) is 11.0 Å². The summed E-state index contributed by atoms with van der Waals surface area (Å²) < 4.78 is 2.44. The third kappa shape index (κ3) is 7.04. The number of benzene rings is 11. The van der Waals surface area contributed by atoms with Crippen molar-refractivity contribution >= 4 is 83.6 Å². The summed E-state index contributed by atoms with van der Waals surface area (Å²) in [6.07, 6.45) is 5.39. The predicted molar refractivity (Wildman–Crippen MR) is 281 cm³/mol. The molecule has 0 N–H and O–H groups in total. The van der Waals surface area contributed by atoms with Crippen LogP contribution in [0.1, 0.15) is 11.1 Å². The highest BCUT2D eigenvalue weighted by Crippen LogP contribution is 2.45. The van der Waals surface area contributed by atoms with Crippen LogP contribution in [0.2, 0.25) is 0 Å². The Morgan fingerprint density at radius 1 is 0.364 bits per heavy atom. The Hall–Kier alpha value is -8.66. The van der Waals surface area contributed by atoms with Gasteiger partial charge in [-0.2, -0.15) is 0 Å². The lowest BCUT2D eigenvalue weighted by atomic mass is 9.92. The van der Waals surface area contributed by atoms with E-state index in [0.29, 0.717) is 0 Å². The summed E-state index contributed by atoms with van der Waals surface area (Å²) in [6.45, 7) is 0. The molecule has 12 aromatic rings. The van der Waals surface area contributed by atoms with E-state index in [0.717, 1.165) is 46.2 Å². The summed E-state index contributed by atoms with van der Waals surface area (Å²) in [5, 5.41) is 7.64. The van der Waals surface area contributed by atoms with E-state index in [2.05, 4.69) is 275 Å². The average Bonchev–Trinajstić information content (AvgIpc) is 3.73. The molecule has 1 heterocycles. The van der Waals surface area contributed by atoms with Crippen LogP contribution in [-0.2, 0) is 6.42 Å². The lowest BCUT2D eigenvalue weighted by Gasteiger charge is -2.26. The topological polar surface area (TPSA) is 11.4 Å². The summed E-state index contributed by atoms with van der Waals surface area (Å²) in [6, 6.07) is 89.8. The molecule has 11 aromatic carbocycles. The van der Waals surface area contributed by atoms with Crippen LogP contribution in [0.4, 0.5) is 34.1 Å². The molecule has 3 nitrogen and oxygen atoms in total. The number of anilines is 6. The van der Waals surface area contributed by atoms with Gasteiger partial charge in [-0.1, -0.05) is 164 Å². The summed E-state index contributed by atoms with van der Waals surface area (Å²) in [4.78, 5) is 4.65. The highest BCUT2D eigenvalue weighted by molar-refractivity contribution is 6.27. The first-order valence-electron chi connectivity index (χ1n) is 22.7. The van der Waals surface area contributed by atoms with Crippen LogP contribution in [0, 0.1) is 0 Å². The second-order valence-electron chi connectivity index (χ2n) is 16.9. The van der Waals surface area contributed by atoms with E-state index in [-0.39, 0.29) is 0 Å². The van der Waals surface area contributed by atoms with Crippen LogP contribution in [-0.4, -0.2) is 4.57 Å². The van der Waals surface area contributed by atoms with E-state index in [1.165, 1.54) is 65.6 Å². The average molecular weight is 844 g/mol. The van der Waals surface area contributed by atoms with E-state index in [9.17, 15) is 0 Å². The van der Waals surface area contributed by atoms with Crippen LogP contribution >= 0.6 is 0 Å². The zero-order valence-electron chi connectivity index (χ0n) is 36.4. The molecular weight excluding hydrogens is 799 g/mol. The molecule has 66 heavy (non-hydrogen) atoms. The molecule has 0 atom stereocenters. The lowest BCUT2D eigenvalue weighted by molar-refractivity contribution is 1.18. The molecule has 0 bridgehead atoms. The van der Waals surface area contributed by atoms with Gasteiger partial charge < -0.3 is 14.4 Å². The molecule has 0 amide bonds. The van der Waals surface area contributed by atoms with Crippen molar-refractivity contribution in [1.82, 2.24) is 4.57 Å². The Labute approximate surface area is 385 Å². The molecule has 12 rings (SSSR count). The van der Waals surface area contributed by atoms with Gasteiger partial charge in [0.1, 0.15) is 0 Å². The third-order valence-electron chi connectivity index (χ3n) is 13.0. The highest BCUT2D eigenvalue weighted by Gasteiger charge is 2.21. The molecule has 0 saturated heterocycles. The van der Waals surface area contributed by atoms with Crippen LogP contribution in [0.15, 0.2) is 255 Å². The maximum atomic E-state index is 2.44. The van der Waals surface area contributed by atoms with Gasteiger partial charge in [0.2, 0.25) is 0 Å². The minimum Gasteiger partial charge on any atom is -0.311 e. The van der Waals surface area contributed by atoms with Gasteiger partial charge in [-0.15, -0.1) is 0 Å².